The molecule has 0 radical (unpaired) electrons. The Hall–Kier alpha value is -2.36. The summed E-state index contributed by atoms with van der Waals surface area (Å²) in [4.78, 5) is 6.32. The molecule has 2 unspecified atom stereocenters. The summed E-state index contributed by atoms with van der Waals surface area (Å²) in [6, 6.07) is 7.62. The first-order chi connectivity index (χ1) is 11.0. The van der Waals surface area contributed by atoms with E-state index >= 15 is 4.39 Å². The van der Waals surface area contributed by atoms with Gasteiger partial charge in [-0.1, -0.05) is 24.3 Å². The van der Waals surface area contributed by atoms with Crippen molar-refractivity contribution in [1.82, 2.24) is 4.98 Å². The Balaban J connectivity index is 1.92. The number of rotatable bonds is 3. The van der Waals surface area contributed by atoms with Crippen LogP contribution >= 0.6 is 0 Å². The lowest BCUT2D eigenvalue weighted by Crippen LogP contribution is -2.14. The lowest BCUT2D eigenvalue weighted by Gasteiger charge is -2.20. The maximum atomic E-state index is 15.2. The molecule has 3 nitrogen and oxygen atoms in total. The number of hydrogen-bond donors (Lipinski definition) is 0. The number of nitrogens with zero attached hydrogens (tertiary/aromatic N) is 2. The summed E-state index contributed by atoms with van der Waals surface area (Å²) >= 11 is 0. The summed E-state index contributed by atoms with van der Waals surface area (Å²) < 4.78 is 21.2. The highest BCUT2D eigenvalue weighted by atomic mass is 19.1. The first-order valence-electron chi connectivity index (χ1n) is 7.88. The standard InChI is InChI=1S/C19H19FN2O/c1-4-9-22(3)18-13-7-5-6-8-14(13)21-17(16(18)20)15-10-12-11-19(12,2)23-15/h4-10,12H,11H2,1-3H3/b9-4+. The zero-order valence-electron chi connectivity index (χ0n) is 13.5. The molecule has 1 aromatic carbocycles. The zero-order valence-corrected chi connectivity index (χ0v) is 13.5. The van der Waals surface area contributed by atoms with Crippen molar-refractivity contribution in [1.29, 1.82) is 0 Å². The van der Waals surface area contributed by atoms with Gasteiger partial charge in [-0.2, -0.15) is 0 Å². The minimum atomic E-state index is -0.333. The quantitative estimate of drug-likeness (QED) is 0.835. The molecule has 118 valence electrons. The van der Waals surface area contributed by atoms with Crippen LogP contribution in [0.4, 0.5) is 10.1 Å². The van der Waals surface area contributed by atoms with Crippen LogP contribution in [0.3, 0.4) is 0 Å². The van der Waals surface area contributed by atoms with E-state index in [1.165, 1.54) is 0 Å². The summed E-state index contributed by atoms with van der Waals surface area (Å²) in [5, 5.41) is 0.796. The van der Waals surface area contributed by atoms with E-state index in [4.69, 9.17) is 4.74 Å². The Kier molecular flexibility index (Phi) is 2.98. The van der Waals surface area contributed by atoms with Gasteiger partial charge in [0.1, 0.15) is 17.1 Å². The van der Waals surface area contributed by atoms with Crippen LogP contribution in [-0.4, -0.2) is 17.6 Å². The molecule has 1 saturated carbocycles. The number of aromatic nitrogens is 1. The molecule has 2 heterocycles. The van der Waals surface area contributed by atoms with Gasteiger partial charge in [-0.05, 0) is 38.6 Å². The van der Waals surface area contributed by atoms with Crippen molar-refractivity contribution in [3.63, 3.8) is 0 Å². The summed E-state index contributed by atoms with van der Waals surface area (Å²) in [7, 11) is 1.84. The van der Waals surface area contributed by atoms with E-state index in [0.29, 0.717) is 23.1 Å². The zero-order chi connectivity index (χ0) is 16.2. The highest BCUT2D eigenvalue weighted by Gasteiger charge is 2.56. The highest BCUT2D eigenvalue weighted by Crippen LogP contribution is 2.56. The van der Waals surface area contributed by atoms with Gasteiger partial charge in [0.05, 0.1) is 11.2 Å². The molecule has 0 bridgehead atoms. The largest absolute Gasteiger partial charge is 0.485 e. The molecule has 1 fully saturated rings. The number of pyridine rings is 1. The van der Waals surface area contributed by atoms with Crippen molar-refractivity contribution in [2.75, 3.05) is 11.9 Å². The third kappa shape index (κ3) is 2.12. The summed E-state index contributed by atoms with van der Waals surface area (Å²) in [5.41, 5.74) is 1.46. The molecule has 2 atom stereocenters. The Morgan fingerprint density at radius 3 is 2.87 bits per heavy atom. The van der Waals surface area contributed by atoms with Gasteiger partial charge in [0, 0.05) is 18.4 Å². The first-order valence-corrected chi connectivity index (χ1v) is 7.88. The second-order valence-corrected chi connectivity index (χ2v) is 6.49. The van der Waals surface area contributed by atoms with Gasteiger partial charge in [-0.3, -0.25) is 0 Å². The molecule has 0 saturated heterocycles. The minimum absolute atomic E-state index is 0.148. The van der Waals surface area contributed by atoms with Gasteiger partial charge < -0.3 is 9.64 Å². The summed E-state index contributed by atoms with van der Waals surface area (Å²) in [5.74, 6) is 0.629. The van der Waals surface area contributed by atoms with Crippen LogP contribution in [0.2, 0.25) is 0 Å². The molecule has 1 aromatic heterocycles. The van der Waals surface area contributed by atoms with Gasteiger partial charge in [-0.15, -0.1) is 0 Å². The van der Waals surface area contributed by atoms with Crippen LogP contribution in [0.5, 0.6) is 0 Å². The van der Waals surface area contributed by atoms with Gasteiger partial charge in [0.2, 0.25) is 0 Å². The lowest BCUT2D eigenvalue weighted by molar-refractivity contribution is 0.167. The molecule has 1 aliphatic heterocycles. The molecular formula is C19H19FN2O. The predicted molar refractivity (Wildman–Crippen MR) is 90.5 cm³/mol. The summed E-state index contributed by atoms with van der Waals surface area (Å²) in [6.45, 7) is 3.97. The molecule has 4 rings (SSSR count). The van der Waals surface area contributed by atoms with Crippen molar-refractivity contribution in [2.24, 2.45) is 5.92 Å². The van der Waals surface area contributed by atoms with E-state index in [9.17, 15) is 0 Å². The van der Waals surface area contributed by atoms with E-state index in [1.54, 1.807) is 4.90 Å². The molecule has 23 heavy (non-hydrogen) atoms. The fourth-order valence-electron chi connectivity index (χ4n) is 3.30. The summed E-state index contributed by atoms with van der Waals surface area (Å²) in [6.07, 6.45) is 6.75. The van der Waals surface area contributed by atoms with E-state index in [-0.39, 0.29) is 11.4 Å². The van der Waals surface area contributed by atoms with Crippen LogP contribution in [0, 0.1) is 11.7 Å². The van der Waals surface area contributed by atoms with E-state index in [0.717, 1.165) is 17.3 Å². The van der Waals surface area contributed by atoms with Crippen molar-refractivity contribution >= 4 is 22.3 Å². The molecule has 0 N–H and O–H groups in total. The second kappa shape index (κ2) is 4.82. The molecule has 0 spiro atoms. The second-order valence-electron chi connectivity index (χ2n) is 6.49. The van der Waals surface area contributed by atoms with Crippen LogP contribution in [0.1, 0.15) is 26.0 Å². The smallest absolute Gasteiger partial charge is 0.176 e. The SMILES string of the molecule is C/C=C/N(C)c1c(F)c(C2=CC3CC3(C)O2)nc2ccccc12. The van der Waals surface area contributed by atoms with Gasteiger partial charge in [0.15, 0.2) is 5.82 Å². The number of ether oxygens (including phenoxy) is 1. The average Bonchev–Trinajstić information content (AvgIpc) is 3.04. The van der Waals surface area contributed by atoms with Crippen LogP contribution in [-0.2, 0) is 4.74 Å². The number of fused-ring (bicyclic) bond motifs is 2. The molecular weight excluding hydrogens is 291 g/mol. The van der Waals surface area contributed by atoms with Crippen molar-refractivity contribution in [3.8, 4) is 0 Å². The van der Waals surface area contributed by atoms with Crippen LogP contribution in [0.15, 0.2) is 42.6 Å². The fraction of sp³-hybridized carbons (Fsp3) is 0.316. The van der Waals surface area contributed by atoms with Crippen LogP contribution < -0.4 is 4.90 Å². The third-order valence-electron chi connectivity index (χ3n) is 4.71. The number of benzene rings is 1. The average molecular weight is 310 g/mol. The Morgan fingerprint density at radius 1 is 1.39 bits per heavy atom. The fourth-order valence-corrected chi connectivity index (χ4v) is 3.30. The third-order valence-corrected chi connectivity index (χ3v) is 4.71. The Labute approximate surface area is 135 Å². The highest BCUT2D eigenvalue weighted by molar-refractivity contribution is 5.94. The van der Waals surface area contributed by atoms with E-state index < -0.39 is 0 Å². The normalized spacial score (nSPS) is 25.4. The lowest BCUT2D eigenvalue weighted by atomic mass is 10.1. The minimum Gasteiger partial charge on any atom is -0.485 e. The maximum absolute atomic E-state index is 15.2. The molecule has 0 amide bonds. The number of para-hydroxylation sites is 1. The topological polar surface area (TPSA) is 25.4 Å². The maximum Gasteiger partial charge on any atom is 0.176 e. The first kappa shape index (κ1) is 14.2. The van der Waals surface area contributed by atoms with Crippen molar-refractivity contribution in [3.05, 3.63) is 54.1 Å². The van der Waals surface area contributed by atoms with Crippen molar-refractivity contribution in [2.45, 2.75) is 25.9 Å². The van der Waals surface area contributed by atoms with Gasteiger partial charge >= 0.3 is 0 Å². The van der Waals surface area contributed by atoms with E-state index in [2.05, 4.69) is 11.9 Å². The Bertz CT molecular complexity index is 858. The van der Waals surface area contributed by atoms with Crippen LogP contribution in [0.25, 0.3) is 16.7 Å². The molecule has 4 heteroatoms. The van der Waals surface area contributed by atoms with E-state index in [1.807, 2.05) is 56.6 Å². The molecule has 2 aromatic rings. The Morgan fingerprint density at radius 2 is 2.17 bits per heavy atom. The van der Waals surface area contributed by atoms with Gasteiger partial charge in [0.25, 0.3) is 0 Å². The number of halogens is 1. The number of anilines is 1. The predicted octanol–water partition coefficient (Wildman–Crippen LogP) is 4.49. The number of allylic oxidation sites excluding steroid dienone is 1. The monoisotopic (exact) mass is 310 g/mol. The molecule has 1 aliphatic carbocycles. The van der Waals surface area contributed by atoms with Gasteiger partial charge in [-0.25, -0.2) is 9.37 Å². The van der Waals surface area contributed by atoms with Crippen molar-refractivity contribution < 1.29 is 9.13 Å². The number of hydrogen-bond acceptors (Lipinski definition) is 3. The molecule has 2 aliphatic rings.